The van der Waals surface area contributed by atoms with Crippen molar-refractivity contribution < 1.29 is 0 Å². The molecule has 2 aliphatic carbocycles. The number of alkyl halides is 1. The van der Waals surface area contributed by atoms with Gasteiger partial charge in [-0.25, -0.2) is 0 Å². The Balaban J connectivity index is 2.10. The molecule has 2 atom stereocenters. The van der Waals surface area contributed by atoms with Crippen LogP contribution in [0, 0.1) is 5.92 Å². The topological polar surface area (TPSA) is 0 Å². The molecule has 0 N–H and O–H groups in total. The van der Waals surface area contributed by atoms with Gasteiger partial charge in [-0.2, -0.15) is 0 Å². The summed E-state index contributed by atoms with van der Waals surface area (Å²) in [6, 6.07) is 0. The normalized spacial score (nSPS) is 47.1. The average Bonchev–Trinajstić information content (AvgIpc) is 2.29. The van der Waals surface area contributed by atoms with Crippen molar-refractivity contribution in [2.24, 2.45) is 5.92 Å². The zero-order chi connectivity index (χ0) is 7.03. The molecule has 1 heteroatoms. The molecule has 0 aliphatic heterocycles. The van der Waals surface area contributed by atoms with E-state index in [2.05, 4.69) is 0 Å². The quantitative estimate of drug-likeness (QED) is 0.475. The molecule has 0 radical (unpaired) electrons. The van der Waals surface area contributed by atoms with E-state index in [1.807, 2.05) is 0 Å². The molecular formula is C9H15Cl. The first-order valence-electron chi connectivity index (χ1n) is 4.50. The SMILES string of the molecule is Cl[C@@]12CCCC[C@H]1CCC2. The maximum absolute atomic E-state index is 6.47. The minimum atomic E-state index is 0.262. The molecule has 0 amide bonds. The Morgan fingerprint density at radius 3 is 2.50 bits per heavy atom. The lowest BCUT2D eigenvalue weighted by Gasteiger charge is -2.33. The monoisotopic (exact) mass is 158 g/mol. The summed E-state index contributed by atoms with van der Waals surface area (Å²) < 4.78 is 0. The Labute approximate surface area is 68.0 Å². The van der Waals surface area contributed by atoms with Crippen LogP contribution in [0.2, 0.25) is 0 Å². The number of rotatable bonds is 0. The van der Waals surface area contributed by atoms with Crippen LogP contribution >= 0.6 is 11.6 Å². The first-order valence-corrected chi connectivity index (χ1v) is 4.88. The van der Waals surface area contributed by atoms with Gasteiger partial charge in [-0.1, -0.05) is 19.3 Å². The zero-order valence-electron chi connectivity index (χ0n) is 6.41. The molecule has 2 saturated carbocycles. The van der Waals surface area contributed by atoms with E-state index >= 15 is 0 Å². The number of halogens is 1. The zero-order valence-corrected chi connectivity index (χ0v) is 7.16. The summed E-state index contributed by atoms with van der Waals surface area (Å²) in [5.41, 5.74) is 0. The molecule has 0 saturated heterocycles. The largest absolute Gasteiger partial charge is 0.119 e. The molecule has 0 aromatic rings. The fourth-order valence-electron chi connectivity index (χ4n) is 2.65. The first kappa shape index (κ1) is 6.97. The van der Waals surface area contributed by atoms with Gasteiger partial charge in [-0.15, -0.1) is 11.6 Å². The number of hydrogen-bond donors (Lipinski definition) is 0. The molecule has 2 rings (SSSR count). The predicted molar refractivity (Wildman–Crippen MR) is 44.4 cm³/mol. The minimum Gasteiger partial charge on any atom is -0.119 e. The second-order valence-corrected chi connectivity index (χ2v) is 4.62. The summed E-state index contributed by atoms with van der Waals surface area (Å²) in [5.74, 6) is 0.878. The van der Waals surface area contributed by atoms with Crippen LogP contribution < -0.4 is 0 Å². The highest BCUT2D eigenvalue weighted by atomic mass is 35.5. The second kappa shape index (κ2) is 2.41. The molecule has 0 unspecified atom stereocenters. The van der Waals surface area contributed by atoms with Gasteiger partial charge in [0.1, 0.15) is 0 Å². The van der Waals surface area contributed by atoms with Gasteiger partial charge in [-0.05, 0) is 31.6 Å². The molecule has 0 nitrogen and oxygen atoms in total. The summed E-state index contributed by atoms with van der Waals surface area (Å²) in [6.07, 6.45) is 9.58. The maximum Gasteiger partial charge on any atom is 0.0475 e. The van der Waals surface area contributed by atoms with E-state index in [4.69, 9.17) is 11.6 Å². The Morgan fingerprint density at radius 1 is 1.00 bits per heavy atom. The van der Waals surface area contributed by atoms with Crippen LogP contribution in [0.3, 0.4) is 0 Å². The first-order chi connectivity index (χ1) is 4.81. The Hall–Kier alpha value is 0.290. The van der Waals surface area contributed by atoms with Crippen molar-refractivity contribution in [2.45, 2.75) is 49.8 Å². The van der Waals surface area contributed by atoms with Crippen LogP contribution in [-0.4, -0.2) is 4.87 Å². The van der Waals surface area contributed by atoms with Gasteiger partial charge in [0.15, 0.2) is 0 Å². The van der Waals surface area contributed by atoms with Crippen LogP contribution in [0.15, 0.2) is 0 Å². The fraction of sp³-hybridized carbons (Fsp3) is 1.00. The third-order valence-electron chi connectivity index (χ3n) is 3.27. The maximum atomic E-state index is 6.47. The van der Waals surface area contributed by atoms with Crippen LogP contribution in [-0.2, 0) is 0 Å². The van der Waals surface area contributed by atoms with Crippen molar-refractivity contribution in [2.75, 3.05) is 0 Å². The van der Waals surface area contributed by atoms with Crippen LogP contribution in [0.1, 0.15) is 44.9 Å². The molecule has 58 valence electrons. The lowest BCUT2D eigenvalue weighted by Crippen LogP contribution is -2.29. The highest BCUT2D eigenvalue weighted by Gasteiger charge is 2.42. The predicted octanol–water partition coefficient (Wildman–Crippen LogP) is 3.34. The van der Waals surface area contributed by atoms with Gasteiger partial charge in [0.05, 0.1) is 0 Å². The average molecular weight is 159 g/mol. The van der Waals surface area contributed by atoms with Gasteiger partial charge in [-0.3, -0.25) is 0 Å². The Kier molecular flexibility index (Phi) is 1.68. The molecule has 2 aliphatic rings. The second-order valence-electron chi connectivity index (χ2n) is 3.87. The highest BCUT2D eigenvalue weighted by Crippen LogP contribution is 2.49. The van der Waals surface area contributed by atoms with E-state index in [9.17, 15) is 0 Å². The fourth-order valence-corrected chi connectivity index (χ4v) is 3.13. The molecule has 0 heterocycles. The molecule has 0 aromatic carbocycles. The van der Waals surface area contributed by atoms with Gasteiger partial charge < -0.3 is 0 Å². The van der Waals surface area contributed by atoms with Crippen molar-refractivity contribution >= 4 is 11.6 Å². The van der Waals surface area contributed by atoms with Crippen LogP contribution in [0.5, 0.6) is 0 Å². The van der Waals surface area contributed by atoms with E-state index in [1.165, 1.54) is 44.9 Å². The lowest BCUT2D eigenvalue weighted by atomic mass is 9.81. The highest BCUT2D eigenvalue weighted by molar-refractivity contribution is 6.24. The molecule has 2 fully saturated rings. The van der Waals surface area contributed by atoms with Crippen molar-refractivity contribution in [1.29, 1.82) is 0 Å². The number of hydrogen-bond acceptors (Lipinski definition) is 0. The van der Waals surface area contributed by atoms with Gasteiger partial charge >= 0.3 is 0 Å². The van der Waals surface area contributed by atoms with Crippen molar-refractivity contribution in [3.8, 4) is 0 Å². The van der Waals surface area contributed by atoms with E-state index in [-0.39, 0.29) is 4.87 Å². The molecule has 10 heavy (non-hydrogen) atoms. The summed E-state index contributed by atoms with van der Waals surface area (Å²) in [5, 5.41) is 0. The lowest BCUT2D eigenvalue weighted by molar-refractivity contribution is 0.305. The summed E-state index contributed by atoms with van der Waals surface area (Å²) in [4.78, 5) is 0.262. The van der Waals surface area contributed by atoms with E-state index in [1.54, 1.807) is 0 Å². The molecular weight excluding hydrogens is 144 g/mol. The molecule has 0 bridgehead atoms. The third-order valence-corrected chi connectivity index (χ3v) is 3.96. The number of fused-ring (bicyclic) bond motifs is 1. The van der Waals surface area contributed by atoms with Gasteiger partial charge in [0.2, 0.25) is 0 Å². The van der Waals surface area contributed by atoms with Gasteiger partial charge in [0.25, 0.3) is 0 Å². The Bertz CT molecular complexity index is 133. The standard InChI is InChI=1S/C9H15Cl/c10-9-6-2-1-4-8(9)5-3-7-9/h8H,1-7H2/t8-,9+/m0/s1. The van der Waals surface area contributed by atoms with Crippen molar-refractivity contribution in [1.82, 2.24) is 0 Å². The molecule has 0 spiro atoms. The van der Waals surface area contributed by atoms with Gasteiger partial charge in [0, 0.05) is 4.87 Å². The summed E-state index contributed by atoms with van der Waals surface area (Å²) in [7, 11) is 0. The van der Waals surface area contributed by atoms with E-state index in [0.717, 1.165) is 5.92 Å². The summed E-state index contributed by atoms with van der Waals surface area (Å²) >= 11 is 6.47. The smallest absolute Gasteiger partial charge is 0.0475 e. The minimum absolute atomic E-state index is 0.262. The van der Waals surface area contributed by atoms with Crippen LogP contribution in [0.25, 0.3) is 0 Å². The third kappa shape index (κ3) is 0.972. The van der Waals surface area contributed by atoms with Crippen LogP contribution in [0.4, 0.5) is 0 Å². The van der Waals surface area contributed by atoms with E-state index < -0.39 is 0 Å². The van der Waals surface area contributed by atoms with Crippen molar-refractivity contribution in [3.05, 3.63) is 0 Å². The van der Waals surface area contributed by atoms with Crippen molar-refractivity contribution in [3.63, 3.8) is 0 Å². The van der Waals surface area contributed by atoms with E-state index in [0.29, 0.717) is 0 Å². The Morgan fingerprint density at radius 2 is 1.70 bits per heavy atom. The summed E-state index contributed by atoms with van der Waals surface area (Å²) in [6.45, 7) is 0. The molecule has 0 aromatic heterocycles.